The van der Waals surface area contributed by atoms with Gasteiger partial charge >= 0.3 is 0 Å². The molecule has 17 heavy (non-hydrogen) atoms. The first-order valence-corrected chi connectivity index (χ1v) is 5.68. The second-order valence-electron chi connectivity index (χ2n) is 4.08. The molecule has 0 bridgehead atoms. The molecular formula is C15H16O2. The average molecular weight is 228 g/mol. The Morgan fingerprint density at radius 2 is 1.71 bits per heavy atom. The minimum Gasteiger partial charge on any atom is -0.393 e. The molecule has 0 radical (unpaired) electrons. The van der Waals surface area contributed by atoms with E-state index in [1.54, 1.807) is 0 Å². The van der Waals surface area contributed by atoms with Gasteiger partial charge in [0.15, 0.2) is 0 Å². The fourth-order valence-corrected chi connectivity index (χ4v) is 2.04. The van der Waals surface area contributed by atoms with Gasteiger partial charge in [0.25, 0.3) is 0 Å². The molecule has 2 heteroatoms. The molecule has 0 aliphatic rings. The molecule has 0 heterocycles. The van der Waals surface area contributed by atoms with Crippen molar-refractivity contribution in [1.82, 2.24) is 0 Å². The molecule has 88 valence electrons. The van der Waals surface area contributed by atoms with Crippen molar-refractivity contribution in [2.24, 2.45) is 0 Å². The number of aliphatic hydroxyl groups is 2. The molecule has 0 aromatic heterocycles. The third-order valence-electron chi connectivity index (χ3n) is 2.99. The molecule has 1 atom stereocenters. The highest BCUT2D eigenvalue weighted by molar-refractivity contribution is 5.68. The summed E-state index contributed by atoms with van der Waals surface area (Å²) in [5.41, 5.74) is 4.02. The van der Waals surface area contributed by atoms with E-state index < -0.39 is 6.10 Å². The molecule has 2 aromatic carbocycles. The summed E-state index contributed by atoms with van der Waals surface area (Å²) in [5, 5.41) is 18.8. The van der Waals surface area contributed by atoms with Crippen LogP contribution in [0, 0.1) is 6.92 Å². The van der Waals surface area contributed by atoms with Crippen molar-refractivity contribution in [1.29, 1.82) is 0 Å². The van der Waals surface area contributed by atoms with Gasteiger partial charge in [0.2, 0.25) is 0 Å². The zero-order chi connectivity index (χ0) is 12.3. The zero-order valence-electron chi connectivity index (χ0n) is 9.80. The topological polar surface area (TPSA) is 40.5 Å². The Morgan fingerprint density at radius 3 is 2.35 bits per heavy atom. The third kappa shape index (κ3) is 2.38. The van der Waals surface area contributed by atoms with Crippen molar-refractivity contribution in [3.05, 3.63) is 59.7 Å². The van der Waals surface area contributed by atoms with E-state index >= 15 is 0 Å². The third-order valence-corrected chi connectivity index (χ3v) is 2.99. The van der Waals surface area contributed by atoms with Crippen LogP contribution in [0.3, 0.4) is 0 Å². The van der Waals surface area contributed by atoms with Gasteiger partial charge in [-0.2, -0.15) is 0 Å². The van der Waals surface area contributed by atoms with E-state index in [9.17, 15) is 5.11 Å². The first kappa shape index (κ1) is 11.8. The summed E-state index contributed by atoms with van der Waals surface area (Å²) in [6, 6.07) is 15.8. The van der Waals surface area contributed by atoms with Gasteiger partial charge in [-0.1, -0.05) is 48.5 Å². The molecule has 0 aliphatic heterocycles. The smallest absolute Gasteiger partial charge is 0.102 e. The van der Waals surface area contributed by atoms with Gasteiger partial charge in [-0.05, 0) is 29.2 Å². The predicted octanol–water partition coefficient (Wildman–Crippen LogP) is 2.69. The van der Waals surface area contributed by atoms with Crippen LogP contribution in [-0.4, -0.2) is 16.8 Å². The Balaban J connectivity index is 2.50. The van der Waals surface area contributed by atoms with Crippen molar-refractivity contribution in [3.63, 3.8) is 0 Å². The van der Waals surface area contributed by atoms with E-state index in [1.165, 1.54) is 0 Å². The Bertz CT molecular complexity index is 492. The van der Waals surface area contributed by atoms with E-state index in [2.05, 4.69) is 0 Å². The van der Waals surface area contributed by atoms with Crippen LogP contribution in [0.4, 0.5) is 0 Å². The molecule has 0 saturated heterocycles. The lowest BCUT2D eigenvalue weighted by Gasteiger charge is -2.14. The molecular weight excluding hydrogens is 212 g/mol. The van der Waals surface area contributed by atoms with Crippen LogP contribution in [0.1, 0.15) is 17.2 Å². The first-order chi connectivity index (χ1) is 8.24. The zero-order valence-corrected chi connectivity index (χ0v) is 9.80. The number of hydrogen-bond acceptors (Lipinski definition) is 2. The van der Waals surface area contributed by atoms with E-state index in [4.69, 9.17) is 5.11 Å². The number of hydrogen-bond donors (Lipinski definition) is 2. The molecule has 1 unspecified atom stereocenters. The van der Waals surface area contributed by atoms with Gasteiger partial charge in [-0.25, -0.2) is 0 Å². The van der Waals surface area contributed by atoms with Crippen molar-refractivity contribution >= 4 is 0 Å². The quantitative estimate of drug-likeness (QED) is 0.848. The van der Waals surface area contributed by atoms with Crippen molar-refractivity contribution in [2.45, 2.75) is 13.0 Å². The van der Waals surface area contributed by atoms with Gasteiger partial charge in [0.1, 0.15) is 6.10 Å². The maximum absolute atomic E-state index is 9.73. The lowest BCUT2D eigenvalue weighted by Crippen LogP contribution is -2.05. The summed E-state index contributed by atoms with van der Waals surface area (Å²) >= 11 is 0. The molecule has 0 fully saturated rings. The van der Waals surface area contributed by atoms with E-state index in [-0.39, 0.29) is 6.61 Å². The summed E-state index contributed by atoms with van der Waals surface area (Å²) in [4.78, 5) is 0. The van der Waals surface area contributed by atoms with Gasteiger partial charge in [-0.3, -0.25) is 0 Å². The Morgan fingerprint density at radius 1 is 1.00 bits per heavy atom. The molecule has 0 saturated carbocycles. The fraction of sp³-hybridized carbons (Fsp3) is 0.200. The first-order valence-electron chi connectivity index (χ1n) is 5.68. The molecule has 0 spiro atoms. The minimum atomic E-state index is -0.807. The van der Waals surface area contributed by atoms with Gasteiger partial charge < -0.3 is 10.2 Å². The normalized spacial score (nSPS) is 12.4. The van der Waals surface area contributed by atoms with Crippen LogP contribution < -0.4 is 0 Å². The maximum atomic E-state index is 9.73. The summed E-state index contributed by atoms with van der Waals surface area (Å²) in [6.07, 6.45) is -0.807. The van der Waals surface area contributed by atoms with Gasteiger partial charge in [-0.15, -0.1) is 0 Å². The largest absolute Gasteiger partial charge is 0.393 e. The fourth-order valence-electron chi connectivity index (χ4n) is 2.04. The highest BCUT2D eigenvalue weighted by Gasteiger charge is 2.12. The summed E-state index contributed by atoms with van der Waals surface area (Å²) in [5.74, 6) is 0. The second-order valence-corrected chi connectivity index (χ2v) is 4.08. The van der Waals surface area contributed by atoms with Gasteiger partial charge in [0.05, 0.1) is 6.61 Å². The Hall–Kier alpha value is -1.64. The van der Waals surface area contributed by atoms with Gasteiger partial charge in [0, 0.05) is 0 Å². The molecule has 0 aliphatic carbocycles. The molecule has 2 rings (SSSR count). The van der Waals surface area contributed by atoms with Crippen LogP contribution in [0.25, 0.3) is 11.1 Å². The van der Waals surface area contributed by atoms with Crippen LogP contribution in [0.2, 0.25) is 0 Å². The Labute approximate surface area is 101 Å². The number of rotatable bonds is 3. The van der Waals surface area contributed by atoms with Crippen molar-refractivity contribution in [2.75, 3.05) is 6.61 Å². The monoisotopic (exact) mass is 228 g/mol. The van der Waals surface area contributed by atoms with Crippen LogP contribution in [0.5, 0.6) is 0 Å². The van der Waals surface area contributed by atoms with Crippen molar-refractivity contribution < 1.29 is 10.2 Å². The molecule has 2 nitrogen and oxygen atoms in total. The van der Waals surface area contributed by atoms with E-state index in [1.807, 2.05) is 55.5 Å². The molecule has 0 amide bonds. The highest BCUT2D eigenvalue weighted by atomic mass is 16.3. The van der Waals surface area contributed by atoms with Crippen molar-refractivity contribution in [3.8, 4) is 11.1 Å². The highest BCUT2D eigenvalue weighted by Crippen LogP contribution is 2.28. The summed E-state index contributed by atoms with van der Waals surface area (Å²) in [6.45, 7) is 1.72. The van der Waals surface area contributed by atoms with Crippen LogP contribution in [0.15, 0.2) is 48.5 Å². The second kappa shape index (κ2) is 5.13. The summed E-state index contributed by atoms with van der Waals surface area (Å²) < 4.78 is 0. The lowest BCUT2D eigenvalue weighted by atomic mass is 9.94. The lowest BCUT2D eigenvalue weighted by molar-refractivity contribution is 0.0951. The predicted molar refractivity (Wildman–Crippen MR) is 68.7 cm³/mol. The minimum absolute atomic E-state index is 0.251. The van der Waals surface area contributed by atoms with E-state index in [0.717, 1.165) is 22.3 Å². The maximum Gasteiger partial charge on any atom is 0.102 e. The SMILES string of the molecule is Cc1c(-c2ccccc2)cccc1C(O)CO. The average Bonchev–Trinajstić information content (AvgIpc) is 2.39. The Kier molecular flexibility index (Phi) is 3.57. The number of benzene rings is 2. The number of aliphatic hydroxyl groups excluding tert-OH is 2. The van der Waals surface area contributed by atoms with Crippen LogP contribution in [-0.2, 0) is 0 Å². The molecule has 2 N–H and O–H groups in total. The standard InChI is InChI=1S/C15H16O2/c1-11-13(12-6-3-2-4-7-12)8-5-9-14(11)15(17)10-16/h2-9,15-17H,10H2,1H3. The summed E-state index contributed by atoms with van der Waals surface area (Å²) in [7, 11) is 0. The molecule has 2 aromatic rings. The van der Waals surface area contributed by atoms with Crippen LogP contribution >= 0.6 is 0 Å². The van der Waals surface area contributed by atoms with E-state index in [0.29, 0.717) is 0 Å².